The molecule has 3 aromatic rings. The van der Waals surface area contributed by atoms with Crippen molar-refractivity contribution in [3.8, 4) is 16.9 Å². The van der Waals surface area contributed by atoms with E-state index in [1.165, 1.54) is 12.1 Å². The summed E-state index contributed by atoms with van der Waals surface area (Å²) >= 11 is 1.60. The summed E-state index contributed by atoms with van der Waals surface area (Å²) in [4.78, 5) is 10.8. The first-order chi connectivity index (χ1) is 16.2. The quantitative estimate of drug-likeness (QED) is 0.318. The van der Waals surface area contributed by atoms with Crippen LogP contribution in [-0.2, 0) is 11.4 Å². The molecule has 3 rings (SSSR count). The molecule has 2 atom stereocenters. The normalized spacial score (nSPS) is 13.4. The fourth-order valence-electron chi connectivity index (χ4n) is 3.65. The Balaban J connectivity index is 1.97. The van der Waals surface area contributed by atoms with E-state index in [2.05, 4.69) is 13.8 Å². The molecular formula is C27H29FO5S. The molecule has 34 heavy (non-hydrogen) atoms. The van der Waals surface area contributed by atoms with Crippen LogP contribution < -0.4 is 4.74 Å². The van der Waals surface area contributed by atoms with E-state index in [0.29, 0.717) is 12.4 Å². The summed E-state index contributed by atoms with van der Waals surface area (Å²) in [6.45, 7) is 4.53. The van der Waals surface area contributed by atoms with Gasteiger partial charge in [-0.1, -0.05) is 38.1 Å². The van der Waals surface area contributed by atoms with Crippen LogP contribution >= 0.6 is 11.3 Å². The minimum absolute atomic E-state index is 0.0898. The smallest absolute Gasteiger partial charge is 0.305 e. The van der Waals surface area contributed by atoms with Gasteiger partial charge in [-0.05, 0) is 74.8 Å². The third-order valence-corrected chi connectivity index (χ3v) is 6.09. The number of carboxylic acid groups (broad SMARTS) is 1. The second-order valence-corrected chi connectivity index (χ2v) is 9.25. The minimum Gasteiger partial charge on any atom is -0.489 e. The van der Waals surface area contributed by atoms with Gasteiger partial charge in [-0.3, -0.25) is 4.79 Å². The first-order valence-corrected chi connectivity index (χ1v) is 12.0. The van der Waals surface area contributed by atoms with E-state index in [1.54, 1.807) is 35.6 Å². The summed E-state index contributed by atoms with van der Waals surface area (Å²) in [5, 5.41) is 33.0. The lowest BCUT2D eigenvalue weighted by molar-refractivity contribution is -0.139. The van der Waals surface area contributed by atoms with Crippen LogP contribution in [0.5, 0.6) is 5.75 Å². The minimum atomic E-state index is -1.15. The average molecular weight is 485 g/mol. The largest absolute Gasteiger partial charge is 0.489 e. The van der Waals surface area contributed by atoms with Crippen LogP contribution in [0.4, 0.5) is 4.39 Å². The molecule has 0 fully saturated rings. The van der Waals surface area contributed by atoms with Crippen LogP contribution in [0.1, 0.15) is 49.3 Å². The molecule has 0 aliphatic carbocycles. The molecule has 0 bridgehead atoms. The zero-order valence-electron chi connectivity index (χ0n) is 19.1. The summed E-state index contributed by atoms with van der Waals surface area (Å²) in [6, 6.07) is 12.1. The SMILES string of the molecule is CC(C)c1cc(OCc2ccsc2)cc(-c2ccc(F)cc2)c1/C=C/C(O)CC(O)CC(=O)O. The van der Waals surface area contributed by atoms with Crippen molar-refractivity contribution in [2.75, 3.05) is 0 Å². The Morgan fingerprint density at radius 1 is 1.15 bits per heavy atom. The number of thiophene rings is 1. The van der Waals surface area contributed by atoms with Crippen molar-refractivity contribution in [3.05, 3.63) is 81.8 Å². The van der Waals surface area contributed by atoms with E-state index < -0.39 is 24.6 Å². The second-order valence-electron chi connectivity index (χ2n) is 8.47. The molecular weight excluding hydrogens is 455 g/mol. The molecule has 0 amide bonds. The van der Waals surface area contributed by atoms with Crippen molar-refractivity contribution in [2.24, 2.45) is 0 Å². The molecule has 0 aliphatic rings. The number of hydrogen-bond acceptors (Lipinski definition) is 5. The molecule has 0 saturated heterocycles. The number of halogens is 1. The molecule has 7 heteroatoms. The Labute approximate surface area is 202 Å². The topological polar surface area (TPSA) is 87.0 Å². The monoisotopic (exact) mass is 484 g/mol. The van der Waals surface area contributed by atoms with Crippen LogP contribution in [0.3, 0.4) is 0 Å². The van der Waals surface area contributed by atoms with Crippen molar-refractivity contribution in [2.45, 2.75) is 51.4 Å². The van der Waals surface area contributed by atoms with Crippen molar-refractivity contribution in [3.63, 3.8) is 0 Å². The Morgan fingerprint density at radius 3 is 2.50 bits per heavy atom. The van der Waals surface area contributed by atoms with Crippen molar-refractivity contribution >= 4 is 23.4 Å². The molecule has 0 aliphatic heterocycles. The van der Waals surface area contributed by atoms with E-state index in [4.69, 9.17) is 9.84 Å². The number of hydrogen-bond donors (Lipinski definition) is 3. The molecule has 1 heterocycles. The summed E-state index contributed by atoms with van der Waals surface area (Å²) in [5.41, 5.74) is 4.52. The van der Waals surface area contributed by atoms with Crippen LogP contribution in [0, 0.1) is 5.82 Å². The lowest BCUT2D eigenvalue weighted by Crippen LogP contribution is -2.19. The number of aliphatic hydroxyl groups is 2. The van der Waals surface area contributed by atoms with Gasteiger partial charge in [0.15, 0.2) is 0 Å². The van der Waals surface area contributed by atoms with E-state index in [-0.39, 0.29) is 18.2 Å². The standard InChI is InChI=1S/C27H29FO5S/c1-17(2)25-13-23(33-15-18-9-10-34-16-18)14-26(19-3-5-20(28)6-4-19)24(25)8-7-21(29)11-22(30)12-27(31)32/h3-10,13-14,16-17,21-22,29-30H,11-12,15H2,1-2H3,(H,31,32)/b8-7+. The summed E-state index contributed by atoms with van der Waals surface area (Å²) in [5.74, 6) is -0.651. The number of carbonyl (C=O) groups is 1. The van der Waals surface area contributed by atoms with Gasteiger partial charge in [0.05, 0.1) is 18.6 Å². The number of aliphatic hydroxyl groups excluding tert-OH is 2. The van der Waals surface area contributed by atoms with Crippen LogP contribution in [0.15, 0.2) is 59.3 Å². The summed E-state index contributed by atoms with van der Waals surface area (Å²) in [6.07, 6.45) is 0.628. The molecule has 0 spiro atoms. The summed E-state index contributed by atoms with van der Waals surface area (Å²) in [7, 11) is 0. The lowest BCUT2D eigenvalue weighted by atomic mass is 9.89. The van der Waals surface area contributed by atoms with E-state index in [1.807, 2.05) is 29.0 Å². The Morgan fingerprint density at radius 2 is 1.88 bits per heavy atom. The second kappa shape index (κ2) is 11.9. The van der Waals surface area contributed by atoms with E-state index in [9.17, 15) is 19.4 Å². The third kappa shape index (κ3) is 7.25. The lowest BCUT2D eigenvalue weighted by Gasteiger charge is -2.19. The van der Waals surface area contributed by atoms with Crippen molar-refractivity contribution < 1.29 is 29.2 Å². The molecule has 1 aromatic heterocycles. The zero-order valence-corrected chi connectivity index (χ0v) is 20.0. The zero-order chi connectivity index (χ0) is 24.7. The van der Waals surface area contributed by atoms with Gasteiger partial charge in [0.1, 0.15) is 18.2 Å². The highest BCUT2D eigenvalue weighted by molar-refractivity contribution is 7.07. The molecule has 0 radical (unpaired) electrons. The first-order valence-electron chi connectivity index (χ1n) is 11.1. The molecule has 5 nitrogen and oxygen atoms in total. The number of rotatable bonds is 11. The molecule has 0 saturated carbocycles. The van der Waals surface area contributed by atoms with Crippen molar-refractivity contribution in [1.29, 1.82) is 0 Å². The van der Waals surface area contributed by atoms with Crippen LogP contribution in [0.2, 0.25) is 0 Å². The summed E-state index contributed by atoms with van der Waals surface area (Å²) < 4.78 is 19.7. The van der Waals surface area contributed by atoms with Gasteiger partial charge >= 0.3 is 5.97 Å². The highest BCUT2D eigenvalue weighted by Crippen LogP contribution is 2.36. The Kier molecular flexibility index (Phi) is 8.98. The van der Waals surface area contributed by atoms with Crippen molar-refractivity contribution in [1.82, 2.24) is 0 Å². The molecule has 3 N–H and O–H groups in total. The molecule has 2 aromatic carbocycles. The number of aliphatic carboxylic acids is 1. The van der Waals surface area contributed by atoms with Gasteiger partial charge in [-0.15, -0.1) is 0 Å². The molecule has 2 unspecified atom stereocenters. The van der Waals surface area contributed by atoms with Gasteiger partial charge in [0, 0.05) is 6.42 Å². The predicted octanol–water partition coefficient (Wildman–Crippen LogP) is 5.86. The van der Waals surface area contributed by atoms with Gasteiger partial charge < -0.3 is 20.1 Å². The maximum atomic E-state index is 13.6. The van der Waals surface area contributed by atoms with Crippen LogP contribution in [0.25, 0.3) is 17.2 Å². The maximum Gasteiger partial charge on any atom is 0.305 e. The first kappa shape index (κ1) is 25.6. The Hall–Kier alpha value is -3.00. The average Bonchev–Trinajstić information content (AvgIpc) is 3.29. The Bertz CT molecular complexity index is 1110. The van der Waals surface area contributed by atoms with Gasteiger partial charge in [-0.2, -0.15) is 11.3 Å². The number of ether oxygens (including phenoxy) is 1. The van der Waals surface area contributed by atoms with Crippen LogP contribution in [-0.4, -0.2) is 33.5 Å². The maximum absolute atomic E-state index is 13.6. The fourth-order valence-corrected chi connectivity index (χ4v) is 4.31. The fraction of sp³-hybridized carbons (Fsp3) is 0.296. The molecule has 180 valence electrons. The van der Waals surface area contributed by atoms with E-state index in [0.717, 1.165) is 27.8 Å². The number of benzene rings is 2. The number of carboxylic acids is 1. The van der Waals surface area contributed by atoms with Gasteiger partial charge in [0.2, 0.25) is 0 Å². The van der Waals surface area contributed by atoms with E-state index >= 15 is 0 Å². The van der Waals surface area contributed by atoms with Gasteiger partial charge in [-0.25, -0.2) is 4.39 Å². The third-order valence-electron chi connectivity index (χ3n) is 5.36. The highest BCUT2D eigenvalue weighted by atomic mass is 32.1. The van der Waals surface area contributed by atoms with Gasteiger partial charge in [0.25, 0.3) is 0 Å². The predicted molar refractivity (Wildman–Crippen MR) is 132 cm³/mol. The highest BCUT2D eigenvalue weighted by Gasteiger charge is 2.17.